The lowest BCUT2D eigenvalue weighted by molar-refractivity contribution is -0.122. The van der Waals surface area contributed by atoms with Crippen molar-refractivity contribution in [3.63, 3.8) is 0 Å². The molecule has 1 N–H and O–H groups in total. The molecule has 0 bridgehead atoms. The molecule has 0 aliphatic carbocycles. The van der Waals surface area contributed by atoms with Crippen LogP contribution in [-0.4, -0.2) is 30.1 Å². The number of anilines is 2. The lowest BCUT2D eigenvalue weighted by Crippen LogP contribution is -2.28. The van der Waals surface area contributed by atoms with Crippen molar-refractivity contribution in [2.75, 3.05) is 23.6 Å². The van der Waals surface area contributed by atoms with Crippen LogP contribution in [0.15, 0.2) is 42.5 Å². The van der Waals surface area contributed by atoms with Gasteiger partial charge in [0.2, 0.25) is 18.6 Å². The van der Waals surface area contributed by atoms with Crippen molar-refractivity contribution in [2.24, 2.45) is 5.92 Å². The number of nitrogens with one attached hydrogen (secondary N) is 1. The van der Waals surface area contributed by atoms with E-state index in [0.29, 0.717) is 28.0 Å². The molecule has 0 saturated carbocycles. The quantitative estimate of drug-likeness (QED) is 0.665. The average Bonchev–Trinajstić information content (AvgIpc) is 3.46. The summed E-state index contributed by atoms with van der Waals surface area (Å²) < 4.78 is 23.9. The Kier molecular flexibility index (Phi) is 4.82. The number of carbonyl (C=O) groups excluding carboxylic acids is 2. The van der Waals surface area contributed by atoms with E-state index in [1.54, 1.807) is 35.2 Å². The van der Waals surface area contributed by atoms with Gasteiger partial charge in [-0.15, -0.1) is 11.3 Å². The Morgan fingerprint density at radius 3 is 2.77 bits per heavy atom. The number of hydrogen-bond donors (Lipinski definition) is 1. The van der Waals surface area contributed by atoms with Crippen molar-refractivity contribution >= 4 is 34.0 Å². The average molecular weight is 439 g/mol. The lowest BCUT2D eigenvalue weighted by Gasteiger charge is -2.17. The van der Waals surface area contributed by atoms with E-state index in [9.17, 15) is 14.0 Å². The standard InChI is InChI=1S/C22H18FN3O4S/c1-12-20(13-2-4-15(23)5-3-13)24-22(31-12)25-21(28)14-8-19(27)26(10-14)16-6-7-17-18(9-16)30-11-29-17/h2-7,9,14H,8,10-11H2,1H3,(H,24,25,28). The zero-order valence-corrected chi connectivity index (χ0v) is 17.4. The Morgan fingerprint density at radius 2 is 1.97 bits per heavy atom. The van der Waals surface area contributed by atoms with E-state index in [-0.39, 0.29) is 37.4 Å². The molecule has 2 aromatic carbocycles. The summed E-state index contributed by atoms with van der Waals surface area (Å²) >= 11 is 1.35. The molecule has 9 heteroatoms. The summed E-state index contributed by atoms with van der Waals surface area (Å²) in [6.45, 7) is 2.33. The summed E-state index contributed by atoms with van der Waals surface area (Å²) in [6, 6.07) is 11.4. The third-order valence-electron chi connectivity index (χ3n) is 5.31. The second kappa shape index (κ2) is 7.66. The van der Waals surface area contributed by atoms with Crippen molar-refractivity contribution < 1.29 is 23.5 Å². The summed E-state index contributed by atoms with van der Waals surface area (Å²) in [5.41, 5.74) is 2.15. The molecule has 2 amide bonds. The van der Waals surface area contributed by atoms with Gasteiger partial charge in [-0.25, -0.2) is 9.37 Å². The molecule has 7 nitrogen and oxygen atoms in total. The summed E-state index contributed by atoms with van der Waals surface area (Å²) in [5.74, 6) is 0.0439. The van der Waals surface area contributed by atoms with Gasteiger partial charge in [0.05, 0.1) is 11.6 Å². The molecule has 3 heterocycles. The van der Waals surface area contributed by atoms with E-state index in [4.69, 9.17) is 9.47 Å². The molecule has 2 aliphatic rings. The van der Waals surface area contributed by atoms with Gasteiger partial charge in [-0.2, -0.15) is 0 Å². The predicted octanol–water partition coefficient (Wildman–Crippen LogP) is 3.98. The second-order valence-electron chi connectivity index (χ2n) is 7.36. The summed E-state index contributed by atoms with van der Waals surface area (Å²) in [4.78, 5) is 32.3. The normalized spacial score (nSPS) is 17.3. The third kappa shape index (κ3) is 3.72. The molecular formula is C22H18FN3O4S. The maximum absolute atomic E-state index is 13.2. The van der Waals surface area contributed by atoms with Crippen LogP contribution in [-0.2, 0) is 9.59 Å². The topological polar surface area (TPSA) is 80.8 Å². The number of hydrogen-bond acceptors (Lipinski definition) is 6. The van der Waals surface area contributed by atoms with Crippen molar-refractivity contribution in [3.8, 4) is 22.8 Å². The van der Waals surface area contributed by atoms with Crippen molar-refractivity contribution in [2.45, 2.75) is 13.3 Å². The van der Waals surface area contributed by atoms with Crippen LogP contribution in [0.5, 0.6) is 11.5 Å². The van der Waals surface area contributed by atoms with Crippen LogP contribution >= 0.6 is 11.3 Å². The minimum absolute atomic E-state index is 0.120. The summed E-state index contributed by atoms with van der Waals surface area (Å²) in [6.07, 6.45) is 0.120. The smallest absolute Gasteiger partial charge is 0.231 e. The number of thiazole rings is 1. The number of aryl methyl sites for hydroxylation is 1. The molecule has 31 heavy (non-hydrogen) atoms. The van der Waals surface area contributed by atoms with Gasteiger partial charge >= 0.3 is 0 Å². The molecule has 1 aromatic heterocycles. The Hall–Kier alpha value is -3.46. The van der Waals surface area contributed by atoms with Gasteiger partial charge in [-0.1, -0.05) is 0 Å². The fourth-order valence-electron chi connectivity index (χ4n) is 3.72. The van der Waals surface area contributed by atoms with Gasteiger partial charge in [0.15, 0.2) is 16.6 Å². The van der Waals surface area contributed by atoms with Gasteiger partial charge < -0.3 is 19.7 Å². The first-order valence-corrected chi connectivity index (χ1v) is 10.5. The monoisotopic (exact) mass is 439 g/mol. The molecule has 5 rings (SSSR count). The highest BCUT2D eigenvalue weighted by Gasteiger charge is 2.36. The van der Waals surface area contributed by atoms with Gasteiger partial charge in [0.25, 0.3) is 0 Å². The number of aromatic nitrogens is 1. The van der Waals surface area contributed by atoms with Crippen LogP contribution in [0.4, 0.5) is 15.2 Å². The van der Waals surface area contributed by atoms with Crippen LogP contribution in [0.3, 0.4) is 0 Å². The van der Waals surface area contributed by atoms with Crippen LogP contribution < -0.4 is 19.7 Å². The van der Waals surface area contributed by atoms with E-state index in [2.05, 4.69) is 10.3 Å². The van der Waals surface area contributed by atoms with Gasteiger partial charge in [-0.3, -0.25) is 9.59 Å². The Labute approximate surface area is 181 Å². The summed E-state index contributed by atoms with van der Waals surface area (Å²) in [7, 11) is 0. The van der Waals surface area contributed by atoms with Gasteiger partial charge in [-0.05, 0) is 43.3 Å². The molecular weight excluding hydrogens is 421 g/mol. The largest absolute Gasteiger partial charge is 0.454 e. The molecule has 1 saturated heterocycles. The Bertz CT molecular complexity index is 1180. The van der Waals surface area contributed by atoms with E-state index in [1.165, 1.54) is 23.5 Å². The first-order chi connectivity index (χ1) is 15.0. The fourth-order valence-corrected chi connectivity index (χ4v) is 4.56. The lowest BCUT2D eigenvalue weighted by atomic mass is 10.1. The molecule has 1 fully saturated rings. The highest BCUT2D eigenvalue weighted by molar-refractivity contribution is 7.16. The van der Waals surface area contributed by atoms with Crippen LogP contribution in [0, 0.1) is 18.7 Å². The Morgan fingerprint density at radius 1 is 1.19 bits per heavy atom. The zero-order valence-electron chi connectivity index (χ0n) is 16.6. The van der Waals surface area contributed by atoms with E-state index in [1.807, 2.05) is 6.92 Å². The third-order valence-corrected chi connectivity index (χ3v) is 6.19. The van der Waals surface area contributed by atoms with Gasteiger partial charge in [0, 0.05) is 35.2 Å². The number of nitrogens with zero attached hydrogens (tertiary/aromatic N) is 2. The van der Waals surface area contributed by atoms with Crippen molar-refractivity contribution in [1.29, 1.82) is 0 Å². The first-order valence-electron chi connectivity index (χ1n) is 9.72. The maximum atomic E-state index is 13.2. The van der Waals surface area contributed by atoms with Crippen molar-refractivity contribution in [3.05, 3.63) is 53.2 Å². The number of amides is 2. The predicted molar refractivity (Wildman–Crippen MR) is 114 cm³/mol. The highest BCUT2D eigenvalue weighted by Crippen LogP contribution is 2.37. The molecule has 158 valence electrons. The van der Waals surface area contributed by atoms with E-state index < -0.39 is 5.92 Å². The van der Waals surface area contributed by atoms with Gasteiger partial charge in [0.1, 0.15) is 5.82 Å². The molecule has 1 atom stereocenters. The molecule has 0 radical (unpaired) electrons. The number of rotatable bonds is 4. The number of fused-ring (bicyclic) bond motifs is 1. The summed E-state index contributed by atoms with van der Waals surface area (Å²) in [5, 5.41) is 3.29. The van der Waals surface area contributed by atoms with Crippen molar-refractivity contribution in [1.82, 2.24) is 4.98 Å². The van der Waals surface area contributed by atoms with Crippen LogP contribution in [0.25, 0.3) is 11.3 Å². The number of ether oxygens (including phenoxy) is 2. The first kappa shape index (κ1) is 19.5. The molecule has 2 aliphatic heterocycles. The minimum atomic E-state index is -0.489. The zero-order chi connectivity index (χ0) is 21.5. The number of carbonyl (C=O) groups is 2. The van der Waals surface area contributed by atoms with E-state index in [0.717, 1.165) is 10.4 Å². The van der Waals surface area contributed by atoms with E-state index >= 15 is 0 Å². The number of halogens is 1. The Balaban J connectivity index is 1.29. The maximum Gasteiger partial charge on any atom is 0.231 e. The van der Waals surface area contributed by atoms with Crippen LogP contribution in [0.2, 0.25) is 0 Å². The SMILES string of the molecule is Cc1sc(NC(=O)C2CC(=O)N(c3ccc4c(c3)OCO4)C2)nc1-c1ccc(F)cc1. The highest BCUT2D eigenvalue weighted by atomic mass is 32.1. The fraction of sp³-hybridized carbons (Fsp3) is 0.227. The minimum Gasteiger partial charge on any atom is -0.454 e. The molecule has 0 spiro atoms. The second-order valence-corrected chi connectivity index (χ2v) is 8.57. The molecule has 1 unspecified atom stereocenters. The molecule has 3 aromatic rings. The number of benzene rings is 2. The van der Waals surface area contributed by atoms with Crippen LogP contribution in [0.1, 0.15) is 11.3 Å².